The van der Waals surface area contributed by atoms with E-state index >= 15 is 0 Å². The van der Waals surface area contributed by atoms with Gasteiger partial charge in [0.25, 0.3) is 0 Å². The van der Waals surface area contributed by atoms with E-state index in [9.17, 15) is 4.79 Å². The molecule has 0 fully saturated rings. The topological polar surface area (TPSA) is 69.1 Å². The molecule has 15 heavy (non-hydrogen) atoms. The van der Waals surface area contributed by atoms with Crippen LogP contribution in [0.4, 0.5) is 5.88 Å². The zero-order valence-electron chi connectivity index (χ0n) is 8.23. The number of carbonyl (C=O) groups excluding carboxylic acids is 1. The predicted molar refractivity (Wildman–Crippen MR) is 55.5 cm³/mol. The first-order valence-corrected chi connectivity index (χ1v) is 4.51. The first-order valence-electron chi connectivity index (χ1n) is 4.51. The van der Waals surface area contributed by atoms with Gasteiger partial charge in [0.15, 0.2) is 5.78 Å². The van der Waals surface area contributed by atoms with Crippen LogP contribution in [-0.4, -0.2) is 10.9 Å². The molecule has 0 bridgehead atoms. The lowest BCUT2D eigenvalue weighted by atomic mass is 10.0. The smallest absolute Gasteiger partial charge is 0.233 e. The average Bonchev–Trinajstić information content (AvgIpc) is 2.59. The van der Waals surface area contributed by atoms with Crippen LogP contribution in [0.1, 0.15) is 21.6 Å². The van der Waals surface area contributed by atoms with Gasteiger partial charge in [0.2, 0.25) is 5.88 Å². The Morgan fingerprint density at radius 1 is 1.33 bits per heavy atom. The van der Waals surface area contributed by atoms with E-state index in [4.69, 9.17) is 10.3 Å². The van der Waals surface area contributed by atoms with Crippen molar-refractivity contribution in [2.75, 3.05) is 5.73 Å². The number of nitrogen functional groups attached to an aromatic ring is 1. The molecule has 1 heterocycles. The summed E-state index contributed by atoms with van der Waals surface area (Å²) in [6.07, 6.45) is 0. The highest BCUT2D eigenvalue weighted by Crippen LogP contribution is 2.19. The van der Waals surface area contributed by atoms with E-state index in [0.29, 0.717) is 16.8 Å². The lowest BCUT2D eigenvalue weighted by molar-refractivity contribution is 0.103. The molecule has 4 nitrogen and oxygen atoms in total. The summed E-state index contributed by atoms with van der Waals surface area (Å²) in [5.74, 6) is -0.0896. The molecular weight excluding hydrogens is 192 g/mol. The van der Waals surface area contributed by atoms with Gasteiger partial charge in [-0.3, -0.25) is 4.79 Å². The molecule has 76 valence electrons. The fraction of sp³-hybridized carbons (Fsp3) is 0.0909. The molecule has 0 aliphatic rings. The quantitative estimate of drug-likeness (QED) is 0.754. The lowest BCUT2D eigenvalue weighted by Crippen LogP contribution is -2.04. The Morgan fingerprint density at radius 3 is 2.53 bits per heavy atom. The number of hydrogen-bond acceptors (Lipinski definition) is 4. The Kier molecular flexibility index (Phi) is 2.25. The molecule has 0 amide bonds. The number of benzene rings is 1. The summed E-state index contributed by atoms with van der Waals surface area (Å²) in [6.45, 7) is 1.69. The van der Waals surface area contributed by atoms with E-state index in [1.54, 1.807) is 31.2 Å². The third-order valence-electron chi connectivity index (χ3n) is 2.15. The van der Waals surface area contributed by atoms with Crippen LogP contribution in [0.15, 0.2) is 34.9 Å². The summed E-state index contributed by atoms with van der Waals surface area (Å²) in [4.78, 5) is 12.0. The van der Waals surface area contributed by atoms with Crippen LogP contribution >= 0.6 is 0 Å². The molecule has 2 rings (SSSR count). The maximum atomic E-state index is 12.0. The molecule has 1 aromatic heterocycles. The van der Waals surface area contributed by atoms with Gasteiger partial charge in [-0.15, -0.1) is 0 Å². The molecular formula is C11H10N2O2. The SMILES string of the molecule is Cc1noc(N)c1C(=O)c1ccccc1. The van der Waals surface area contributed by atoms with Crippen LogP contribution in [0.5, 0.6) is 0 Å². The predicted octanol–water partition coefficient (Wildman–Crippen LogP) is 1.80. The first-order chi connectivity index (χ1) is 7.20. The van der Waals surface area contributed by atoms with E-state index in [1.165, 1.54) is 0 Å². The Balaban J connectivity index is 2.46. The standard InChI is InChI=1S/C11H10N2O2/c1-7-9(11(12)15-13-7)10(14)8-5-3-2-4-6-8/h2-6H,12H2,1H3. The summed E-state index contributed by atoms with van der Waals surface area (Å²) < 4.78 is 4.74. The zero-order valence-corrected chi connectivity index (χ0v) is 8.23. The van der Waals surface area contributed by atoms with Gasteiger partial charge in [0, 0.05) is 5.56 Å². The van der Waals surface area contributed by atoms with Crippen molar-refractivity contribution in [1.82, 2.24) is 5.16 Å². The zero-order chi connectivity index (χ0) is 10.8. The Labute approximate surface area is 86.7 Å². The molecule has 0 saturated heterocycles. The number of anilines is 1. The maximum Gasteiger partial charge on any atom is 0.233 e. The van der Waals surface area contributed by atoms with Crippen molar-refractivity contribution in [3.8, 4) is 0 Å². The normalized spacial score (nSPS) is 10.2. The van der Waals surface area contributed by atoms with E-state index in [0.717, 1.165) is 0 Å². The van der Waals surface area contributed by atoms with E-state index in [1.807, 2.05) is 6.07 Å². The van der Waals surface area contributed by atoms with Crippen LogP contribution in [0, 0.1) is 6.92 Å². The average molecular weight is 202 g/mol. The number of carbonyl (C=O) groups is 1. The molecule has 0 spiro atoms. The third kappa shape index (κ3) is 1.61. The number of hydrogen-bond donors (Lipinski definition) is 1. The molecule has 4 heteroatoms. The summed E-state index contributed by atoms with van der Waals surface area (Å²) in [5, 5.41) is 3.64. The molecule has 0 atom stereocenters. The van der Waals surface area contributed by atoms with Crippen molar-refractivity contribution in [3.05, 3.63) is 47.2 Å². The Hall–Kier alpha value is -2.10. The highest BCUT2D eigenvalue weighted by atomic mass is 16.5. The second kappa shape index (κ2) is 3.57. The summed E-state index contributed by atoms with van der Waals surface area (Å²) in [6, 6.07) is 8.90. The molecule has 0 aliphatic heterocycles. The van der Waals surface area contributed by atoms with E-state index < -0.39 is 0 Å². The third-order valence-corrected chi connectivity index (χ3v) is 2.15. The molecule has 0 unspecified atom stereocenters. The molecule has 0 aliphatic carbocycles. The van der Waals surface area contributed by atoms with E-state index in [2.05, 4.69) is 5.16 Å². The van der Waals surface area contributed by atoms with Gasteiger partial charge < -0.3 is 10.3 Å². The Morgan fingerprint density at radius 2 is 2.00 bits per heavy atom. The van der Waals surface area contributed by atoms with Crippen LogP contribution in [0.2, 0.25) is 0 Å². The van der Waals surface area contributed by atoms with Crippen molar-refractivity contribution in [1.29, 1.82) is 0 Å². The number of nitrogens with two attached hydrogens (primary N) is 1. The van der Waals surface area contributed by atoms with Gasteiger partial charge in [0.1, 0.15) is 5.56 Å². The van der Waals surface area contributed by atoms with Gasteiger partial charge >= 0.3 is 0 Å². The van der Waals surface area contributed by atoms with Crippen LogP contribution in [0.25, 0.3) is 0 Å². The molecule has 0 saturated carbocycles. The monoisotopic (exact) mass is 202 g/mol. The Bertz CT molecular complexity index is 469. The number of aromatic nitrogens is 1. The molecule has 2 aromatic rings. The first kappa shape index (κ1) is 9.45. The largest absolute Gasteiger partial charge is 0.367 e. The number of ketones is 1. The van der Waals surface area contributed by atoms with Crippen molar-refractivity contribution in [2.24, 2.45) is 0 Å². The fourth-order valence-electron chi connectivity index (χ4n) is 1.40. The van der Waals surface area contributed by atoms with E-state index in [-0.39, 0.29) is 11.7 Å². The van der Waals surface area contributed by atoms with Gasteiger partial charge in [-0.1, -0.05) is 35.5 Å². The van der Waals surface area contributed by atoms with Crippen molar-refractivity contribution < 1.29 is 9.32 Å². The minimum Gasteiger partial charge on any atom is -0.367 e. The highest BCUT2D eigenvalue weighted by Gasteiger charge is 2.19. The summed E-state index contributed by atoms with van der Waals surface area (Å²) in [5.41, 5.74) is 6.97. The summed E-state index contributed by atoms with van der Waals surface area (Å²) >= 11 is 0. The highest BCUT2D eigenvalue weighted by molar-refractivity contribution is 6.12. The number of aryl methyl sites for hydroxylation is 1. The maximum absolute atomic E-state index is 12.0. The molecule has 0 radical (unpaired) electrons. The van der Waals surface area contributed by atoms with Crippen LogP contribution in [-0.2, 0) is 0 Å². The minimum absolute atomic E-state index is 0.0707. The second-order valence-electron chi connectivity index (χ2n) is 3.20. The van der Waals surface area contributed by atoms with Gasteiger partial charge in [-0.2, -0.15) is 0 Å². The van der Waals surface area contributed by atoms with Gasteiger partial charge in [0.05, 0.1) is 5.69 Å². The fourth-order valence-corrected chi connectivity index (χ4v) is 1.40. The second-order valence-corrected chi connectivity index (χ2v) is 3.20. The van der Waals surface area contributed by atoms with Crippen molar-refractivity contribution in [2.45, 2.75) is 6.92 Å². The molecule has 2 N–H and O–H groups in total. The van der Waals surface area contributed by atoms with Gasteiger partial charge in [-0.05, 0) is 6.92 Å². The van der Waals surface area contributed by atoms with Crippen molar-refractivity contribution >= 4 is 11.7 Å². The number of rotatable bonds is 2. The van der Waals surface area contributed by atoms with Crippen LogP contribution < -0.4 is 5.73 Å². The molecule has 1 aromatic carbocycles. The van der Waals surface area contributed by atoms with Crippen LogP contribution in [0.3, 0.4) is 0 Å². The number of nitrogens with zero attached hydrogens (tertiary/aromatic N) is 1. The van der Waals surface area contributed by atoms with Crippen molar-refractivity contribution in [3.63, 3.8) is 0 Å². The summed E-state index contributed by atoms with van der Waals surface area (Å²) in [7, 11) is 0. The van der Waals surface area contributed by atoms with Gasteiger partial charge in [-0.25, -0.2) is 0 Å². The minimum atomic E-state index is -0.160. The lowest BCUT2D eigenvalue weighted by Gasteiger charge is -1.98.